The van der Waals surface area contributed by atoms with E-state index >= 15 is 0 Å². The maximum atomic E-state index is 14.7. The van der Waals surface area contributed by atoms with Crippen molar-refractivity contribution >= 4 is 40.5 Å². The van der Waals surface area contributed by atoms with Crippen LogP contribution in [0, 0.1) is 17.3 Å². The van der Waals surface area contributed by atoms with Crippen molar-refractivity contribution in [2.45, 2.75) is 105 Å². The number of likely N-dealkylation sites (tertiary alicyclic amines) is 1. The van der Waals surface area contributed by atoms with E-state index in [1.54, 1.807) is 24.1 Å². The smallest absolute Gasteiger partial charge is 0.324 e. The summed E-state index contributed by atoms with van der Waals surface area (Å²) in [5, 5.41) is 16.7. The molecule has 0 spiro atoms. The molecule has 2 aromatic heterocycles. The number of hydrogen-bond acceptors (Lipinski definition) is 10. The number of nitrogens with two attached hydrogens (primary N) is 1. The molecule has 0 unspecified atom stereocenters. The molecule has 2 saturated heterocycles. The Bertz CT molecular complexity index is 2430. The molecular formula is C49H64N8O7. The van der Waals surface area contributed by atoms with Crippen LogP contribution < -0.4 is 16.5 Å². The number of hydrogen-bond donors (Lipinski definition) is 4. The number of nitrogens with one attached hydrogen (secondary N) is 2. The number of aromatic nitrogens is 2. The molecule has 4 aromatic rings. The number of ether oxygens (including phenoxy) is 1. The van der Waals surface area contributed by atoms with Crippen LogP contribution in [0.1, 0.15) is 77.6 Å². The minimum atomic E-state index is -1.15. The number of aromatic hydroxyl groups is 1. The van der Waals surface area contributed by atoms with Gasteiger partial charge in [0, 0.05) is 73.4 Å². The molecule has 15 heteroatoms. The fraction of sp³-hybridized carbons (Fsp3) is 0.510. The summed E-state index contributed by atoms with van der Waals surface area (Å²) >= 11 is 0. The van der Waals surface area contributed by atoms with Crippen molar-refractivity contribution in [3.8, 4) is 28.1 Å². The van der Waals surface area contributed by atoms with Crippen LogP contribution in [0.2, 0.25) is 0 Å². The Morgan fingerprint density at radius 3 is 2.56 bits per heavy atom. The van der Waals surface area contributed by atoms with Crippen molar-refractivity contribution in [3.05, 3.63) is 71.5 Å². The SMILES string of the molecule is CCc1ncccc1-c1c2c3cc(ccc3n1CC)-c1cc(O)cc(c1)C[C@H](NC(=O)[C@H](C(C)C)N(C)C(=O)[C@H]1CCN(C(=O)CN)C1)C(=O)N1CCC[C@H](N1)C(=O)OCC(C)(C)C2. The Morgan fingerprint density at radius 2 is 1.84 bits per heavy atom. The monoisotopic (exact) mass is 876 g/mol. The zero-order chi connectivity index (χ0) is 46.0. The number of carbonyl (C=O) groups is 5. The van der Waals surface area contributed by atoms with Gasteiger partial charge in [-0.15, -0.1) is 0 Å². The van der Waals surface area contributed by atoms with Crippen LogP contribution in [0.5, 0.6) is 5.75 Å². The maximum absolute atomic E-state index is 14.7. The van der Waals surface area contributed by atoms with Crippen LogP contribution in [-0.2, 0) is 54.5 Å². The van der Waals surface area contributed by atoms with Crippen LogP contribution in [0.4, 0.5) is 0 Å². The highest BCUT2D eigenvalue weighted by Gasteiger charge is 2.40. The molecule has 4 amide bonds. The number of benzene rings is 2. The van der Waals surface area contributed by atoms with E-state index in [1.807, 2.05) is 38.2 Å². The van der Waals surface area contributed by atoms with Crippen molar-refractivity contribution in [2.24, 2.45) is 23.0 Å². The van der Waals surface area contributed by atoms with Gasteiger partial charge < -0.3 is 35.3 Å². The Hall–Kier alpha value is -5.80. The zero-order valence-corrected chi connectivity index (χ0v) is 38.3. The first-order chi connectivity index (χ1) is 30.5. The lowest BCUT2D eigenvalue weighted by Gasteiger charge is -2.37. The molecular weight excluding hydrogens is 813 g/mol. The lowest BCUT2D eigenvalue weighted by atomic mass is 9.84. The molecule has 3 aliphatic heterocycles. The third-order valence-corrected chi connectivity index (χ3v) is 13.1. The van der Waals surface area contributed by atoms with Gasteiger partial charge in [0.05, 0.1) is 24.8 Å². The van der Waals surface area contributed by atoms with Crippen molar-refractivity contribution in [1.29, 1.82) is 0 Å². The maximum Gasteiger partial charge on any atom is 0.324 e. The van der Waals surface area contributed by atoms with Gasteiger partial charge in [-0.25, -0.2) is 5.43 Å². The number of rotatable bonds is 9. The Labute approximate surface area is 375 Å². The van der Waals surface area contributed by atoms with Gasteiger partial charge >= 0.3 is 5.97 Å². The number of phenols is 1. The minimum Gasteiger partial charge on any atom is -0.508 e. The second-order valence-electron chi connectivity index (χ2n) is 18.7. The third kappa shape index (κ3) is 9.51. The first-order valence-electron chi connectivity index (χ1n) is 22.8. The van der Waals surface area contributed by atoms with E-state index < -0.39 is 47.2 Å². The molecule has 3 aliphatic rings. The van der Waals surface area contributed by atoms with Gasteiger partial charge in [-0.3, -0.25) is 34.0 Å². The number of cyclic esters (lactones) is 1. The molecule has 2 fully saturated rings. The number of pyridine rings is 1. The molecule has 0 radical (unpaired) electrons. The first kappa shape index (κ1) is 46.2. The summed E-state index contributed by atoms with van der Waals surface area (Å²) in [5.41, 5.74) is 15.6. The fourth-order valence-electron chi connectivity index (χ4n) is 9.87. The topological polar surface area (TPSA) is 192 Å². The van der Waals surface area contributed by atoms with E-state index in [0.29, 0.717) is 44.3 Å². The summed E-state index contributed by atoms with van der Waals surface area (Å²) in [6, 6.07) is 12.7. The largest absolute Gasteiger partial charge is 0.508 e. The second-order valence-corrected chi connectivity index (χ2v) is 18.7. The van der Waals surface area contributed by atoms with E-state index in [2.05, 4.69) is 61.2 Å². The summed E-state index contributed by atoms with van der Waals surface area (Å²) < 4.78 is 8.41. The highest BCUT2D eigenvalue weighted by atomic mass is 16.5. The standard InChI is InChI=1S/C49H64N8O7/c1-8-38-35(12-10-17-51-38)44-37-25-49(5,6)28-64-48(63)39-13-11-18-57(53-39)47(62)40(22-30-20-33(23-34(58)21-30)31-14-15-41(36(37)24-31)56(44)9-2)52-45(60)43(29(3)4)54(7)46(61)32-16-19-55(27-32)42(59)26-50/h10,12,14-15,17,20-21,23-24,29,32,39-40,43,53,58H,8-9,11,13,16,18-19,22,25-28,50H2,1-7H3,(H,52,60)/t32-,39-,40-,43-/m0/s1. The summed E-state index contributed by atoms with van der Waals surface area (Å²) in [5.74, 6) is -2.81. The second kappa shape index (κ2) is 19.1. The lowest BCUT2D eigenvalue weighted by Crippen LogP contribution is -2.62. The number of amides is 4. The Morgan fingerprint density at radius 1 is 1.06 bits per heavy atom. The first-order valence-corrected chi connectivity index (χ1v) is 22.8. The van der Waals surface area contributed by atoms with Crippen molar-refractivity contribution in [3.63, 3.8) is 0 Å². The zero-order valence-electron chi connectivity index (χ0n) is 38.3. The molecule has 0 saturated carbocycles. The van der Waals surface area contributed by atoms with E-state index in [-0.39, 0.29) is 56.1 Å². The number of phenolic OH excluding ortho intramolecular Hbond substituents is 1. The van der Waals surface area contributed by atoms with Crippen molar-refractivity contribution in [2.75, 3.05) is 39.8 Å². The molecule has 15 nitrogen and oxygen atoms in total. The molecule has 64 heavy (non-hydrogen) atoms. The van der Waals surface area contributed by atoms with Crippen LogP contribution in [0.3, 0.4) is 0 Å². The molecule has 2 aromatic carbocycles. The fourth-order valence-corrected chi connectivity index (χ4v) is 9.87. The Balaban J connectivity index is 1.30. The summed E-state index contributed by atoms with van der Waals surface area (Å²) in [6.07, 6.45) is 4.57. The molecule has 342 valence electrons. The predicted molar refractivity (Wildman–Crippen MR) is 244 cm³/mol. The van der Waals surface area contributed by atoms with Gasteiger partial charge in [-0.1, -0.05) is 46.8 Å². The number of likely N-dealkylation sites (N-methyl/N-ethyl adjacent to an activating group) is 1. The van der Waals surface area contributed by atoms with Crippen LogP contribution >= 0.6 is 0 Å². The lowest BCUT2D eigenvalue weighted by molar-refractivity contribution is -0.155. The normalized spacial score (nSPS) is 20.8. The predicted octanol–water partition coefficient (Wildman–Crippen LogP) is 4.60. The molecule has 4 atom stereocenters. The summed E-state index contributed by atoms with van der Waals surface area (Å²) in [6.45, 7) is 13.7. The minimum absolute atomic E-state index is 0.000622. The quantitative estimate of drug-likeness (QED) is 0.173. The number of hydrazine groups is 1. The molecule has 5 heterocycles. The van der Waals surface area contributed by atoms with Gasteiger partial charge in [-0.2, -0.15) is 0 Å². The van der Waals surface area contributed by atoms with Crippen LogP contribution in [0.25, 0.3) is 33.3 Å². The van der Waals surface area contributed by atoms with E-state index in [0.717, 1.165) is 51.0 Å². The van der Waals surface area contributed by atoms with Gasteiger partial charge in [0.25, 0.3) is 5.91 Å². The van der Waals surface area contributed by atoms with E-state index in [4.69, 9.17) is 15.5 Å². The Kier molecular flexibility index (Phi) is 13.8. The molecule has 5 N–H and O–H groups in total. The number of carbonyl (C=O) groups excluding carboxylic acids is 5. The van der Waals surface area contributed by atoms with Crippen molar-refractivity contribution in [1.82, 2.24) is 35.1 Å². The van der Waals surface area contributed by atoms with Crippen LogP contribution in [0.15, 0.2) is 54.7 Å². The highest BCUT2D eigenvalue weighted by Crippen LogP contribution is 2.41. The van der Waals surface area contributed by atoms with Crippen molar-refractivity contribution < 1.29 is 33.8 Å². The average Bonchev–Trinajstić information content (AvgIpc) is 3.89. The average molecular weight is 877 g/mol. The summed E-state index contributed by atoms with van der Waals surface area (Å²) in [7, 11) is 1.58. The molecule has 7 rings (SSSR count). The van der Waals surface area contributed by atoms with Gasteiger partial charge in [-0.05, 0) is 104 Å². The molecule has 6 bridgehead atoms. The molecule has 0 aliphatic carbocycles. The van der Waals surface area contributed by atoms with Gasteiger partial charge in [0.15, 0.2) is 0 Å². The number of nitrogens with zero attached hydrogens (tertiary/aromatic N) is 5. The number of esters is 1. The third-order valence-electron chi connectivity index (χ3n) is 13.1. The number of fused-ring (bicyclic) bond motifs is 6. The van der Waals surface area contributed by atoms with Gasteiger partial charge in [0.2, 0.25) is 17.7 Å². The van der Waals surface area contributed by atoms with E-state index in [9.17, 15) is 29.1 Å². The van der Waals surface area contributed by atoms with E-state index in [1.165, 1.54) is 9.91 Å². The van der Waals surface area contributed by atoms with Crippen LogP contribution in [-0.4, -0.2) is 117 Å². The van der Waals surface area contributed by atoms with Gasteiger partial charge in [0.1, 0.15) is 23.9 Å². The summed E-state index contributed by atoms with van der Waals surface area (Å²) in [4.78, 5) is 76.9. The number of aryl methyl sites for hydroxylation is 2. The highest BCUT2D eigenvalue weighted by molar-refractivity contribution is 5.96.